The number of amides is 3. The number of hydrogen-bond donors (Lipinski definition) is 2. The van der Waals surface area contributed by atoms with E-state index in [-0.39, 0.29) is 17.8 Å². The van der Waals surface area contributed by atoms with E-state index in [4.69, 9.17) is 0 Å². The molecule has 2 N–H and O–H groups in total. The van der Waals surface area contributed by atoms with E-state index in [2.05, 4.69) is 15.3 Å². The Labute approximate surface area is 136 Å². The molecule has 0 aliphatic carbocycles. The molecule has 3 rings (SSSR count). The number of thioether (sulfide) groups is 1. The number of rotatable bonds is 4. The zero-order chi connectivity index (χ0) is 16.4. The molecular weight excluding hydrogens is 319 g/mol. The molecule has 120 valence electrons. The molecule has 0 radical (unpaired) electrons. The zero-order valence-electron chi connectivity index (χ0n) is 12.4. The number of carbonyl (C=O) groups excluding carboxylic acids is 2. The normalized spacial score (nSPS) is 15.6. The molecule has 1 aliphatic heterocycles. The smallest absolute Gasteiger partial charge is 0.324 e. The van der Waals surface area contributed by atoms with E-state index in [9.17, 15) is 14.0 Å². The van der Waals surface area contributed by atoms with Crippen LogP contribution >= 0.6 is 11.8 Å². The van der Waals surface area contributed by atoms with Gasteiger partial charge in [0.2, 0.25) is 5.91 Å². The third-order valence-corrected chi connectivity index (χ3v) is 4.45. The average molecular weight is 334 g/mol. The minimum Gasteiger partial charge on any atom is -0.336 e. The SMILES string of the molecule is C[C@@H](Sc1ncc(-c2ccc(F)cc2)[nH]1)C(=O)N1CCNC1=O. The van der Waals surface area contributed by atoms with Gasteiger partial charge in [-0.05, 0) is 36.8 Å². The van der Waals surface area contributed by atoms with Crippen LogP contribution in [-0.4, -0.2) is 45.1 Å². The quantitative estimate of drug-likeness (QED) is 0.841. The molecule has 0 unspecified atom stereocenters. The van der Waals surface area contributed by atoms with E-state index in [1.807, 2.05) is 0 Å². The molecule has 23 heavy (non-hydrogen) atoms. The van der Waals surface area contributed by atoms with Gasteiger partial charge in [0.1, 0.15) is 5.82 Å². The van der Waals surface area contributed by atoms with Crippen molar-refractivity contribution in [1.82, 2.24) is 20.2 Å². The second-order valence-corrected chi connectivity index (χ2v) is 6.42. The van der Waals surface area contributed by atoms with Gasteiger partial charge in [0.05, 0.1) is 17.1 Å². The zero-order valence-corrected chi connectivity index (χ0v) is 13.2. The van der Waals surface area contributed by atoms with Crippen molar-refractivity contribution in [2.75, 3.05) is 13.1 Å². The number of halogens is 1. The molecule has 1 saturated heterocycles. The van der Waals surface area contributed by atoms with Crippen molar-refractivity contribution < 1.29 is 14.0 Å². The molecule has 1 aromatic carbocycles. The fourth-order valence-electron chi connectivity index (χ4n) is 2.26. The summed E-state index contributed by atoms with van der Waals surface area (Å²) in [5, 5.41) is 2.74. The van der Waals surface area contributed by atoms with Gasteiger partial charge >= 0.3 is 6.03 Å². The Morgan fingerprint density at radius 1 is 1.39 bits per heavy atom. The second-order valence-electron chi connectivity index (χ2n) is 5.09. The summed E-state index contributed by atoms with van der Waals surface area (Å²) in [4.78, 5) is 32.3. The third kappa shape index (κ3) is 3.37. The molecular formula is C15H15FN4O2S. The van der Waals surface area contributed by atoms with E-state index < -0.39 is 5.25 Å². The first-order valence-corrected chi connectivity index (χ1v) is 7.99. The lowest BCUT2D eigenvalue weighted by molar-refractivity contribution is -0.126. The van der Waals surface area contributed by atoms with E-state index in [1.165, 1.54) is 28.8 Å². The van der Waals surface area contributed by atoms with Crippen LogP contribution in [0.1, 0.15) is 6.92 Å². The molecule has 0 saturated carbocycles. The van der Waals surface area contributed by atoms with Crippen LogP contribution in [0.15, 0.2) is 35.6 Å². The Balaban J connectivity index is 1.67. The van der Waals surface area contributed by atoms with Crippen LogP contribution in [0.25, 0.3) is 11.3 Å². The van der Waals surface area contributed by atoms with Crippen molar-refractivity contribution in [3.63, 3.8) is 0 Å². The number of hydrogen-bond acceptors (Lipinski definition) is 4. The van der Waals surface area contributed by atoms with Crippen molar-refractivity contribution in [3.8, 4) is 11.3 Å². The molecule has 1 fully saturated rings. The van der Waals surface area contributed by atoms with Gasteiger partial charge in [-0.1, -0.05) is 11.8 Å². The average Bonchev–Trinajstić information content (AvgIpc) is 3.16. The third-order valence-electron chi connectivity index (χ3n) is 3.47. The molecule has 1 aliphatic rings. The fraction of sp³-hybridized carbons (Fsp3) is 0.267. The summed E-state index contributed by atoms with van der Waals surface area (Å²) in [7, 11) is 0. The summed E-state index contributed by atoms with van der Waals surface area (Å²) in [6.07, 6.45) is 1.63. The summed E-state index contributed by atoms with van der Waals surface area (Å²) in [6.45, 7) is 2.61. The summed E-state index contributed by atoms with van der Waals surface area (Å²) in [6, 6.07) is 5.71. The van der Waals surface area contributed by atoms with Gasteiger partial charge in [0.25, 0.3) is 0 Å². The molecule has 8 heteroatoms. The number of carbonyl (C=O) groups is 2. The van der Waals surface area contributed by atoms with E-state index in [0.29, 0.717) is 18.2 Å². The number of urea groups is 1. The highest BCUT2D eigenvalue weighted by Gasteiger charge is 2.30. The Kier molecular flexibility index (Phi) is 4.33. The Hall–Kier alpha value is -2.35. The highest BCUT2D eigenvalue weighted by Crippen LogP contribution is 2.25. The molecule has 0 bridgehead atoms. The monoisotopic (exact) mass is 334 g/mol. The minimum atomic E-state index is -0.439. The van der Waals surface area contributed by atoms with E-state index >= 15 is 0 Å². The minimum absolute atomic E-state index is 0.246. The summed E-state index contributed by atoms with van der Waals surface area (Å²) in [5.41, 5.74) is 1.55. The number of aromatic nitrogens is 2. The van der Waals surface area contributed by atoms with Crippen LogP contribution in [0.5, 0.6) is 0 Å². The topological polar surface area (TPSA) is 78.1 Å². The number of imide groups is 1. The lowest BCUT2D eigenvalue weighted by Gasteiger charge is -2.16. The van der Waals surface area contributed by atoms with Gasteiger partial charge in [-0.25, -0.2) is 14.2 Å². The summed E-state index contributed by atoms with van der Waals surface area (Å²) >= 11 is 1.25. The molecule has 3 amide bonds. The van der Waals surface area contributed by atoms with Crippen molar-refractivity contribution >= 4 is 23.7 Å². The second kappa shape index (κ2) is 6.41. The van der Waals surface area contributed by atoms with Gasteiger partial charge in [0, 0.05) is 13.1 Å². The Morgan fingerprint density at radius 2 is 2.13 bits per heavy atom. The number of imidazole rings is 1. The standard InChI is InChI=1S/C15H15FN4O2S/c1-9(13(21)20-7-6-17-15(20)22)23-14-18-8-12(19-14)10-2-4-11(16)5-3-10/h2-5,8-9H,6-7H2,1H3,(H,17,22)(H,18,19)/t9-/m1/s1. The van der Waals surface area contributed by atoms with Gasteiger partial charge in [0.15, 0.2) is 5.16 Å². The first kappa shape index (κ1) is 15.5. The Bertz CT molecular complexity index is 731. The van der Waals surface area contributed by atoms with E-state index in [1.54, 1.807) is 25.3 Å². The van der Waals surface area contributed by atoms with Crippen molar-refractivity contribution in [3.05, 3.63) is 36.3 Å². The van der Waals surface area contributed by atoms with Crippen LogP contribution in [0.3, 0.4) is 0 Å². The Morgan fingerprint density at radius 3 is 2.78 bits per heavy atom. The molecule has 2 heterocycles. The van der Waals surface area contributed by atoms with Crippen molar-refractivity contribution in [2.24, 2.45) is 0 Å². The predicted octanol–water partition coefficient (Wildman–Crippen LogP) is 2.25. The molecule has 2 aromatic rings. The largest absolute Gasteiger partial charge is 0.336 e. The maximum Gasteiger partial charge on any atom is 0.324 e. The molecule has 1 atom stereocenters. The number of H-pyrrole nitrogens is 1. The van der Waals surface area contributed by atoms with E-state index in [0.717, 1.165) is 11.3 Å². The first-order valence-electron chi connectivity index (χ1n) is 7.11. The lowest BCUT2D eigenvalue weighted by Crippen LogP contribution is -2.38. The van der Waals surface area contributed by atoms with Gasteiger partial charge in [-0.3, -0.25) is 9.69 Å². The molecule has 0 spiro atoms. The molecule has 6 nitrogen and oxygen atoms in total. The highest BCUT2D eigenvalue weighted by molar-refractivity contribution is 8.00. The van der Waals surface area contributed by atoms with Crippen LogP contribution in [0.4, 0.5) is 9.18 Å². The lowest BCUT2D eigenvalue weighted by atomic mass is 10.2. The van der Waals surface area contributed by atoms with Crippen molar-refractivity contribution in [2.45, 2.75) is 17.3 Å². The number of benzene rings is 1. The highest BCUT2D eigenvalue weighted by atomic mass is 32.2. The van der Waals surface area contributed by atoms with Gasteiger partial charge in [-0.2, -0.15) is 0 Å². The van der Waals surface area contributed by atoms with Crippen LogP contribution in [0.2, 0.25) is 0 Å². The maximum absolute atomic E-state index is 12.9. The first-order chi connectivity index (χ1) is 11.0. The van der Waals surface area contributed by atoms with Crippen molar-refractivity contribution in [1.29, 1.82) is 0 Å². The van der Waals surface area contributed by atoms with Crippen LogP contribution in [0, 0.1) is 5.82 Å². The number of aromatic amines is 1. The van der Waals surface area contributed by atoms with Crippen LogP contribution < -0.4 is 5.32 Å². The summed E-state index contributed by atoms with van der Waals surface area (Å²) in [5.74, 6) is -0.546. The van der Waals surface area contributed by atoms with Gasteiger partial charge < -0.3 is 10.3 Å². The summed E-state index contributed by atoms with van der Waals surface area (Å²) < 4.78 is 12.9. The maximum atomic E-state index is 12.9. The van der Waals surface area contributed by atoms with Gasteiger partial charge in [-0.15, -0.1) is 0 Å². The molecule has 1 aromatic heterocycles. The predicted molar refractivity (Wildman–Crippen MR) is 84.4 cm³/mol. The van der Waals surface area contributed by atoms with Crippen LogP contribution in [-0.2, 0) is 4.79 Å². The fourth-order valence-corrected chi connectivity index (χ4v) is 3.10. The number of nitrogens with zero attached hydrogens (tertiary/aromatic N) is 2. The number of nitrogens with one attached hydrogen (secondary N) is 2.